The van der Waals surface area contributed by atoms with Crippen LogP contribution >= 0.6 is 0 Å². The second-order valence-corrected chi connectivity index (χ2v) is 17.3. The fraction of sp³-hybridized carbons (Fsp3) is 0.889. The second kappa shape index (κ2) is 9.83. The lowest BCUT2D eigenvalue weighted by atomic mass is 9.32. The quantitative estimate of drug-likeness (QED) is 0.250. The zero-order valence-corrected chi connectivity index (χ0v) is 27.6. The summed E-state index contributed by atoms with van der Waals surface area (Å²) in [7, 11) is 2.21. The molecule has 0 aliphatic heterocycles. The molecule has 5 rings (SSSR count). The van der Waals surface area contributed by atoms with Gasteiger partial charge in [-0.1, -0.05) is 46.8 Å². The number of allylic oxidation sites excluding steroid dienone is 1. The SMILES string of the molecule is C=C(C)[C@@H]1CC[C@]2(NC)CC[C@]3(C)[C@H](CCC4[C@@]5(C)CC[C@H](OC(=O)CC(C)(C)C(=O)O)C(C)(C)C5CC[C@]43C)C12. The van der Waals surface area contributed by atoms with Crippen LogP contribution in [-0.4, -0.2) is 35.7 Å². The van der Waals surface area contributed by atoms with Gasteiger partial charge >= 0.3 is 11.9 Å². The van der Waals surface area contributed by atoms with Gasteiger partial charge in [0.15, 0.2) is 0 Å². The molecule has 0 spiro atoms. The Morgan fingerprint density at radius 1 is 0.902 bits per heavy atom. The molecule has 5 saturated carbocycles. The fourth-order valence-electron chi connectivity index (χ4n) is 12.4. The monoisotopic (exact) mass is 569 g/mol. The summed E-state index contributed by atoms with van der Waals surface area (Å²) in [5, 5.41) is 13.4. The first-order valence-corrected chi connectivity index (χ1v) is 16.7. The number of fused-ring (bicyclic) bond motifs is 7. The summed E-state index contributed by atoms with van der Waals surface area (Å²) in [6.45, 7) is 22.6. The maximum absolute atomic E-state index is 13.0. The minimum absolute atomic E-state index is 0.0856. The van der Waals surface area contributed by atoms with Gasteiger partial charge in [-0.15, -0.1) is 0 Å². The summed E-state index contributed by atoms with van der Waals surface area (Å²) in [6.07, 6.45) is 11.9. The van der Waals surface area contributed by atoms with Crippen molar-refractivity contribution >= 4 is 11.9 Å². The lowest BCUT2D eigenvalue weighted by Crippen LogP contribution is -2.68. The summed E-state index contributed by atoms with van der Waals surface area (Å²) in [5.41, 5.74) is 1.25. The van der Waals surface area contributed by atoms with Crippen LogP contribution in [0.25, 0.3) is 0 Å². The Balaban J connectivity index is 1.41. The van der Waals surface area contributed by atoms with Crippen molar-refractivity contribution in [3.05, 3.63) is 12.2 Å². The molecule has 5 aliphatic rings. The Bertz CT molecular complexity index is 1100. The molecule has 5 nitrogen and oxygen atoms in total. The van der Waals surface area contributed by atoms with Crippen LogP contribution in [-0.2, 0) is 14.3 Å². The summed E-state index contributed by atoms with van der Waals surface area (Å²) >= 11 is 0. The smallest absolute Gasteiger partial charge is 0.309 e. The van der Waals surface area contributed by atoms with Crippen molar-refractivity contribution in [2.75, 3.05) is 7.05 Å². The molecule has 232 valence electrons. The van der Waals surface area contributed by atoms with Gasteiger partial charge in [0, 0.05) is 11.0 Å². The van der Waals surface area contributed by atoms with Crippen LogP contribution in [0.1, 0.15) is 126 Å². The predicted octanol–water partition coefficient (Wildman–Crippen LogP) is 8.03. The van der Waals surface area contributed by atoms with E-state index in [-0.39, 0.29) is 34.9 Å². The molecule has 10 atom stereocenters. The van der Waals surface area contributed by atoms with Crippen LogP contribution in [0.3, 0.4) is 0 Å². The van der Waals surface area contributed by atoms with Gasteiger partial charge in [-0.25, -0.2) is 0 Å². The van der Waals surface area contributed by atoms with Gasteiger partial charge in [0.1, 0.15) is 6.10 Å². The number of aliphatic carboxylic acids is 1. The standard InChI is InChI=1S/C36H59NO4/c1-22(2)23-13-18-36(37-10)20-19-34(8)24(29(23)36)11-12-26-33(7)16-15-27(41-28(38)21-31(3,4)30(39)40)32(5,6)25(33)14-17-35(26,34)9/h23-27,29,37H,1,11-21H2,2-10H3,(H,39,40)/t23-,24+,25?,26?,27-,29?,33-,34+,35+,36-/m0/s1. The van der Waals surface area contributed by atoms with Gasteiger partial charge in [0.05, 0.1) is 11.8 Å². The van der Waals surface area contributed by atoms with Crippen molar-refractivity contribution in [3.8, 4) is 0 Å². The molecule has 0 saturated heterocycles. The average Bonchev–Trinajstić information content (AvgIpc) is 3.26. The van der Waals surface area contributed by atoms with E-state index in [1.807, 2.05) is 0 Å². The highest BCUT2D eigenvalue weighted by molar-refractivity contribution is 5.81. The van der Waals surface area contributed by atoms with Crippen LogP contribution < -0.4 is 5.32 Å². The van der Waals surface area contributed by atoms with Gasteiger partial charge in [-0.3, -0.25) is 9.59 Å². The zero-order chi connectivity index (χ0) is 30.4. The number of esters is 1. The van der Waals surface area contributed by atoms with Gasteiger partial charge in [0.2, 0.25) is 0 Å². The third-order valence-corrected chi connectivity index (χ3v) is 14.9. The number of ether oxygens (including phenoxy) is 1. The Labute approximate surface area is 250 Å². The summed E-state index contributed by atoms with van der Waals surface area (Å²) in [6, 6.07) is 0. The number of nitrogens with one attached hydrogen (secondary N) is 1. The van der Waals surface area contributed by atoms with E-state index >= 15 is 0 Å². The highest BCUT2D eigenvalue weighted by atomic mass is 16.5. The Hall–Kier alpha value is -1.36. The number of hydrogen-bond acceptors (Lipinski definition) is 4. The molecule has 0 aromatic carbocycles. The molecule has 0 heterocycles. The number of carboxylic acids is 1. The van der Waals surface area contributed by atoms with Crippen molar-refractivity contribution in [2.45, 2.75) is 138 Å². The molecular formula is C36H59NO4. The van der Waals surface area contributed by atoms with Crippen molar-refractivity contribution in [3.63, 3.8) is 0 Å². The van der Waals surface area contributed by atoms with Crippen LogP contribution in [0.15, 0.2) is 12.2 Å². The lowest BCUT2D eigenvalue weighted by Gasteiger charge is -2.73. The van der Waals surface area contributed by atoms with E-state index in [0.717, 1.165) is 18.8 Å². The summed E-state index contributed by atoms with van der Waals surface area (Å²) < 4.78 is 6.14. The van der Waals surface area contributed by atoms with Gasteiger partial charge in [0.25, 0.3) is 0 Å². The molecule has 0 radical (unpaired) electrons. The third kappa shape index (κ3) is 4.32. The summed E-state index contributed by atoms with van der Waals surface area (Å²) in [5.74, 6) is 1.89. The first-order chi connectivity index (χ1) is 18.9. The van der Waals surface area contributed by atoms with E-state index in [9.17, 15) is 14.7 Å². The lowest BCUT2D eigenvalue weighted by molar-refractivity contribution is -0.246. The highest BCUT2D eigenvalue weighted by Gasteiger charge is 2.71. The minimum Gasteiger partial charge on any atom is -0.481 e. The van der Waals surface area contributed by atoms with Gasteiger partial charge in [-0.05, 0) is 138 Å². The fourth-order valence-corrected chi connectivity index (χ4v) is 12.4. The first kappa shape index (κ1) is 31.1. The van der Waals surface area contributed by atoms with E-state index in [1.165, 1.54) is 56.9 Å². The molecule has 0 bridgehead atoms. The van der Waals surface area contributed by atoms with Crippen molar-refractivity contribution in [1.82, 2.24) is 5.32 Å². The van der Waals surface area contributed by atoms with Gasteiger partial charge in [-0.2, -0.15) is 0 Å². The topological polar surface area (TPSA) is 75.6 Å². The number of rotatable bonds is 6. The van der Waals surface area contributed by atoms with Crippen LogP contribution in [0.4, 0.5) is 0 Å². The Kier molecular flexibility index (Phi) is 7.45. The van der Waals surface area contributed by atoms with Crippen LogP contribution in [0, 0.1) is 56.7 Å². The van der Waals surface area contributed by atoms with E-state index in [0.29, 0.717) is 34.5 Å². The third-order valence-electron chi connectivity index (χ3n) is 14.9. The van der Waals surface area contributed by atoms with Crippen molar-refractivity contribution in [2.24, 2.45) is 56.7 Å². The molecular weight excluding hydrogens is 510 g/mol. The Morgan fingerprint density at radius 2 is 1.59 bits per heavy atom. The maximum Gasteiger partial charge on any atom is 0.309 e. The molecule has 0 amide bonds. The molecule has 5 fully saturated rings. The second-order valence-electron chi connectivity index (χ2n) is 17.3. The molecule has 2 N–H and O–H groups in total. The number of hydrogen-bond donors (Lipinski definition) is 2. The molecule has 3 unspecified atom stereocenters. The number of carbonyl (C=O) groups excluding carboxylic acids is 1. The van der Waals surface area contributed by atoms with E-state index in [2.05, 4.69) is 60.5 Å². The first-order valence-electron chi connectivity index (χ1n) is 16.7. The zero-order valence-electron chi connectivity index (χ0n) is 27.6. The molecule has 41 heavy (non-hydrogen) atoms. The van der Waals surface area contributed by atoms with Crippen LogP contribution in [0.2, 0.25) is 0 Å². The highest BCUT2D eigenvalue weighted by Crippen LogP contribution is 2.76. The average molecular weight is 570 g/mol. The largest absolute Gasteiger partial charge is 0.481 e. The molecule has 0 aromatic heterocycles. The van der Waals surface area contributed by atoms with E-state index in [4.69, 9.17) is 4.74 Å². The molecule has 5 heteroatoms. The normalized spacial score (nSPS) is 46.9. The summed E-state index contributed by atoms with van der Waals surface area (Å²) in [4.78, 5) is 24.6. The maximum atomic E-state index is 13.0. The van der Waals surface area contributed by atoms with Crippen molar-refractivity contribution < 1.29 is 19.4 Å². The van der Waals surface area contributed by atoms with Crippen molar-refractivity contribution in [1.29, 1.82) is 0 Å². The molecule has 0 aromatic rings. The Morgan fingerprint density at radius 3 is 2.20 bits per heavy atom. The number of carbonyl (C=O) groups is 2. The minimum atomic E-state index is -1.11. The molecule has 5 aliphatic carbocycles. The van der Waals surface area contributed by atoms with E-state index in [1.54, 1.807) is 13.8 Å². The van der Waals surface area contributed by atoms with Gasteiger partial charge < -0.3 is 15.2 Å². The van der Waals surface area contributed by atoms with E-state index < -0.39 is 11.4 Å². The van der Waals surface area contributed by atoms with Crippen LogP contribution in [0.5, 0.6) is 0 Å². The number of carboxylic acid groups (broad SMARTS) is 1. The predicted molar refractivity (Wildman–Crippen MR) is 164 cm³/mol.